The van der Waals surface area contributed by atoms with Gasteiger partial charge in [-0.3, -0.25) is 9.59 Å². The highest BCUT2D eigenvalue weighted by molar-refractivity contribution is 6.10. The molecule has 8 nitrogen and oxygen atoms in total. The maximum Gasteiger partial charge on any atom is 0.253 e. The highest BCUT2D eigenvalue weighted by atomic mass is 16.3. The number of carbonyl (C=O) groups excluding carboxylic acids is 2. The molecule has 5 N–H and O–H groups in total. The summed E-state index contributed by atoms with van der Waals surface area (Å²) in [6, 6.07) is -0.570. The van der Waals surface area contributed by atoms with E-state index < -0.39 is 24.3 Å². The first kappa shape index (κ1) is 11.4. The Labute approximate surface area is 97.2 Å². The average molecular weight is 239 g/mol. The first-order valence-corrected chi connectivity index (χ1v) is 5.12. The van der Waals surface area contributed by atoms with Gasteiger partial charge in [-0.2, -0.15) is 0 Å². The third-order valence-electron chi connectivity index (χ3n) is 2.33. The predicted octanol–water partition coefficient (Wildman–Crippen LogP) is -2.67. The highest BCUT2D eigenvalue weighted by Gasteiger charge is 2.34. The second-order valence-corrected chi connectivity index (χ2v) is 3.70. The molecule has 2 aliphatic rings. The number of amides is 2. The zero-order valence-electron chi connectivity index (χ0n) is 9.10. The predicted molar refractivity (Wildman–Crippen MR) is 58.4 cm³/mol. The smallest absolute Gasteiger partial charge is 0.253 e. The van der Waals surface area contributed by atoms with Crippen molar-refractivity contribution in [1.82, 2.24) is 21.3 Å². The van der Waals surface area contributed by atoms with Crippen molar-refractivity contribution < 1.29 is 14.7 Å². The summed E-state index contributed by atoms with van der Waals surface area (Å²) in [5.41, 5.74) is 0. The van der Waals surface area contributed by atoms with E-state index in [1.165, 1.54) is 13.1 Å². The van der Waals surface area contributed by atoms with Crippen LogP contribution in [-0.4, -0.2) is 41.2 Å². The molecule has 0 saturated carbocycles. The summed E-state index contributed by atoms with van der Waals surface area (Å²) in [6.45, 7) is 1.34. The fourth-order valence-corrected chi connectivity index (χ4v) is 1.48. The number of aliphatic hydroxyl groups is 1. The Morgan fingerprint density at radius 3 is 3.06 bits per heavy atom. The van der Waals surface area contributed by atoms with Gasteiger partial charge in [0.1, 0.15) is 11.9 Å². The molecule has 3 atom stereocenters. The lowest BCUT2D eigenvalue weighted by molar-refractivity contribution is -0.130. The number of aliphatic hydroxyl groups excluding tert-OH is 1. The van der Waals surface area contributed by atoms with Crippen molar-refractivity contribution in [1.29, 1.82) is 0 Å². The van der Waals surface area contributed by atoms with E-state index in [9.17, 15) is 9.59 Å². The topological polar surface area (TPSA) is 115 Å². The molecule has 0 aliphatic carbocycles. The van der Waals surface area contributed by atoms with Gasteiger partial charge in [0.2, 0.25) is 0 Å². The van der Waals surface area contributed by atoms with E-state index in [0.29, 0.717) is 5.84 Å². The SMILES string of the molecule is CC(O)C(=O)NC1NC(=O)C2NC=CN=C2N1. The van der Waals surface area contributed by atoms with Crippen molar-refractivity contribution in [2.45, 2.75) is 25.4 Å². The van der Waals surface area contributed by atoms with Crippen molar-refractivity contribution in [3.63, 3.8) is 0 Å². The maximum absolute atomic E-state index is 11.6. The molecular formula is C9H13N5O3. The molecule has 0 radical (unpaired) electrons. The van der Waals surface area contributed by atoms with Gasteiger partial charge in [0.15, 0.2) is 12.3 Å². The van der Waals surface area contributed by atoms with E-state index in [1.807, 2.05) is 0 Å². The normalized spacial score (nSPS) is 27.9. The van der Waals surface area contributed by atoms with Crippen LogP contribution in [0.5, 0.6) is 0 Å². The molecule has 0 aromatic carbocycles. The van der Waals surface area contributed by atoms with Gasteiger partial charge in [-0.1, -0.05) is 0 Å². The Kier molecular flexibility index (Phi) is 2.96. The summed E-state index contributed by atoms with van der Waals surface area (Å²) < 4.78 is 0. The maximum atomic E-state index is 11.6. The number of hydrogen-bond acceptors (Lipinski definition) is 6. The molecule has 1 fully saturated rings. The second kappa shape index (κ2) is 4.42. The number of hydrogen-bond donors (Lipinski definition) is 5. The quantitative estimate of drug-likeness (QED) is 0.360. The van der Waals surface area contributed by atoms with Gasteiger partial charge in [-0.25, -0.2) is 4.99 Å². The minimum absolute atomic E-state index is 0.303. The number of nitrogens with zero attached hydrogens (tertiary/aromatic N) is 1. The van der Waals surface area contributed by atoms with Gasteiger partial charge in [0.25, 0.3) is 11.8 Å². The van der Waals surface area contributed by atoms with Crippen LogP contribution < -0.4 is 21.3 Å². The number of fused-ring (bicyclic) bond motifs is 1. The molecule has 2 amide bonds. The number of amidine groups is 1. The van der Waals surface area contributed by atoms with Gasteiger partial charge in [0, 0.05) is 12.4 Å². The molecule has 2 rings (SSSR count). The van der Waals surface area contributed by atoms with Crippen molar-refractivity contribution in [3.8, 4) is 0 Å². The van der Waals surface area contributed by atoms with E-state index in [-0.39, 0.29) is 5.91 Å². The second-order valence-electron chi connectivity index (χ2n) is 3.70. The number of nitrogens with one attached hydrogen (secondary N) is 4. The van der Waals surface area contributed by atoms with Crippen molar-refractivity contribution in [2.24, 2.45) is 4.99 Å². The first-order chi connectivity index (χ1) is 8.08. The van der Waals surface area contributed by atoms with Crippen molar-refractivity contribution >= 4 is 17.6 Å². The van der Waals surface area contributed by atoms with Crippen LogP contribution in [-0.2, 0) is 9.59 Å². The average Bonchev–Trinajstić information content (AvgIpc) is 2.29. The van der Waals surface area contributed by atoms with E-state index >= 15 is 0 Å². The number of rotatable bonds is 2. The molecule has 0 aromatic heterocycles. The van der Waals surface area contributed by atoms with Crippen LogP contribution in [0.2, 0.25) is 0 Å². The molecular weight excluding hydrogens is 226 g/mol. The van der Waals surface area contributed by atoms with E-state index in [0.717, 1.165) is 0 Å². The minimum atomic E-state index is -1.14. The van der Waals surface area contributed by atoms with Gasteiger partial charge < -0.3 is 26.4 Å². The van der Waals surface area contributed by atoms with Gasteiger partial charge in [0.05, 0.1) is 0 Å². The Morgan fingerprint density at radius 2 is 2.35 bits per heavy atom. The summed E-state index contributed by atoms with van der Waals surface area (Å²) in [5, 5.41) is 19.6. The Hall–Kier alpha value is -2.09. The summed E-state index contributed by atoms with van der Waals surface area (Å²) in [7, 11) is 0. The van der Waals surface area contributed by atoms with Crippen LogP contribution >= 0.6 is 0 Å². The molecule has 0 bridgehead atoms. The van der Waals surface area contributed by atoms with Crippen molar-refractivity contribution in [3.05, 3.63) is 12.4 Å². The van der Waals surface area contributed by atoms with E-state index in [1.54, 1.807) is 6.20 Å². The molecule has 0 aromatic rings. The third-order valence-corrected chi connectivity index (χ3v) is 2.33. The van der Waals surface area contributed by atoms with Gasteiger partial charge >= 0.3 is 0 Å². The van der Waals surface area contributed by atoms with Crippen LogP contribution in [0.15, 0.2) is 17.4 Å². The van der Waals surface area contributed by atoms with Crippen molar-refractivity contribution in [2.75, 3.05) is 0 Å². The Morgan fingerprint density at radius 1 is 1.59 bits per heavy atom. The fourth-order valence-electron chi connectivity index (χ4n) is 1.48. The number of aliphatic imine (C=N–C) groups is 1. The third kappa shape index (κ3) is 2.36. The molecule has 0 spiro atoms. The van der Waals surface area contributed by atoms with Crippen LogP contribution in [0, 0.1) is 0 Å². The summed E-state index contributed by atoms with van der Waals surface area (Å²) in [6.07, 6.45) is 1.15. The van der Waals surface area contributed by atoms with Crippen LogP contribution in [0.25, 0.3) is 0 Å². The standard InChI is InChI=1S/C9H13N5O3/c1-4(15)7(16)13-9-12-6-5(8(17)14-9)10-2-3-11-6/h2-5,9-10,15H,1H3,(H,11,12)(H,13,16)(H,14,17). The van der Waals surface area contributed by atoms with E-state index in [4.69, 9.17) is 5.11 Å². The zero-order valence-corrected chi connectivity index (χ0v) is 9.10. The molecule has 3 unspecified atom stereocenters. The largest absolute Gasteiger partial charge is 0.384 e. The molecule has 8 heteroatoms. The molecule has 1 saturated heterocycles. The monoisotopic (exact) mass is 239 g/mol. The van der Waals surface area contributed by atoms with Gasteiger partial charge in [-0.15, -0.1) is 0 Å². The lowest BCUT2D eigenvalue weighted by Gasteiger charge is -2.33. The lowest BCUT2D eigenvalue weighted by atomic mass is 10.2. The van der Waals surface area contributed by atoms with E-state index in [2.05, 4.69) is 26.3 Å². The highest BCUT2D eigenvalue weighted by Crippen LogP contribution is 2.00. The molecule has 92 valence electrons. The number of carbonyl (C=O) groups is 2. The molecule has 2 aliphatic heterocycles. The summed E-state index contributed by atoms with van der Waals surface area (Å²) >= 11 is 0. The minimum Gasteiger partial charge on any atom is -0.384 e. The van der Waals surface area contributed by atoms with Crippen LogP contribution in [0.3, 0.4) is 0 Å². The zero-order chi connectivity index (χ0) is 12.4. The molecule has 17 heavy (non-hydrogen) atoms. The Bertz CT molecular complexity index is 403. The summed E-state index contributed by atoms with van der Waals surface area (Å²) in [4.78, 5) is 26.9. The fraction of sp³-hybridized carbons (Fsp3) is 0.444. The van der Waals surface area contributed by atoms with Gasteiger partial charge in [-0.05, 0) is 6.92 Å². The lowest BCUT2D eigenvalue weighted by Crippen LogP contribution is -2.70. The van der Waals surface area contributed by atoms with Crippen LogP contribution in [0.1, 0.15) is 6.92 Å². The Balaban J connectivity index is 2.03. The summed E-state index contributed by atoms with van der Waals surface area (Å²) in [5.74, 6) is -0.462. The van der Waals surface area contributed by atoms with Crippen LogP contribution in [0.4, 0.5) is 0 Å². The first-order valence-electron chi connectivity index (χ1n) is 5.12. The molecule has 2 heterocycles.